The Morgan fingerprint density at radius 2 is 2.10 bits per heavy atom. The number of likely N-dealkylation sites (N-methyl/N-ethyl adjacent to an activating group) is 1. The van der Waals surface area contributed by atoms with Crippen LogP contribution in [-0.4, -0.2) is 65.2 Å². The van der Waals surface area contributed by atoms with Crippen LogP contribution in [0.2, 0.25) is 0 Å². The van der Waals surface area contributed by atoms with E-state index in [4.69, 9.17) is 4.74 Å². The lowest BCUT2D eigenvalue weighted by Crippen LogP contribution is -2.41. The van der Waals surface area contributed by atoms with Crippen molar-refractivity contribution in [1.29, 1.82) is 0 Å². The predicted octanol–water partition coefficient (Wildman–Crippen LogP) is 0.291. The number of hydrogen-bond acceptors (Lipinski definition) is 4. The van der Waals surface area contributed by atoms with E-state index < -0.39 is 0 Å². The topological polar surface area (TPSA) is 50.6 Å². The molecule has 0 aliphatic carbocycles. The zero-order valence-corrected chi connectivity index (χ0v) is 12.2. The van der Waals surface area contributed by atoms with E-state index in [1.165, 1.54) is 0 Å². The van der Waals surface area contributed by atoms with Crippen molar-refractivity contribution in [2.24, 2.45) is 0 Å². The van der Waals surface area contributed by atoms with Gasteiger partial charge in [-0.15, -0.1) is 0 Å². The first-order valence-corrected chi connectivity index (χ1v) is 7.27. The van der Waals surface area contributed by atoms with Crippen molar-refractivity contribution in [2.75, 3.05) is 39.9 Å². The molecule has 1 fully saturated rings. The summed E-state index contributed by atoms with van der Waals surface area (Å²) in [5.41, 5.74) is 0.888. The second-order valence-corrected chi connectivity index (χ2v) is 5.61. The first-order valence-electron chi connectivity index (χ1n) is 7.27. The maximum atomic E-state index is 12.2. The summed E-state index contributed by atoms with van der Waals surface area (Å²) >= 11 is 0. The summed E-state index contributed by atoms with van der Waals surface area (Å²) in [5.74, 6) is 1.23. The van der Waals surface area contributed by atoms with Gasteiger partial charge in [0.15, 0.2) is 0 Å². The first-order chi connectivity index (χ1) is 9.65. The molecule has 3 rings (SSSR count). The number of amides is 1. The number of imidazole rings is 1. The highest BCUT2D eigenvalue weighted by Gasteiger charge is 2.25. The molecule has 20 heavy (non-hydrogen) atoms. The second-order valence-electron chi connectivity index (χ2n) is 5.61. The minimum Gasteiger partial charge on any atom is -0.378 e. The number of rotatable bonds is 2. The van der Waals surface area contributed by atoms with Crippen LogP contribution in [0, 0.1) is 0 Å². The van der Waals surface area contributed by atoms with E-state index in [0.717, 1.165) is 24.6 Å². The molecule has 1 saturated heterocycles. The molecule has 0 unspecified atom stereocenters. The van der Waals surface area contributed by atoms with Crippen molar-refractivity contribution >= 4 is 5.91 Å². The molecule has 1 aromatic heterocycles. The van der Waals surface area contributed by atoms with Crippen LogP contribution in [0.15, 0.2) is 6.20 Å². The van der Waals surface area contributed by atoms with Gasteiger partial charge in [0.25, 0.3) is 0 Å². The number of morpholine rings is 1. The highest BCUT2D eigenvalue weighted by molar-refractivity contribution is 5.78. The quantitative estimate of drug-likeness (QED) is 0.780. The predicted molar refractivity (Wildman–Crippen MR) is 74.4 cm³/mol. The molecule has 2 aliphatic heterocycles. The average molecular weight is 278 g/mol. The third-order valence-corrected chi connectivity index (χ3v) is 4.28. The monoisotopic (exact) mass is 278 g/mol. The van der Waals surface area contributed by atoms with Gasteiger partial charge in [0.2, 0.25) is 5.91 Å². The Balaban J connectivity index is 1.69. The largest absolute Gasteiger partial charge is 0.378 e. The van der Waals surface area contributed by atoms with E-state index in [1.54, 1.807) is 0 Å². The number of nitrogens with zero attached hydrogens (tertiary/aromatic N) is 4. The molecule has 6 heteroatoms. The minimum absolute atomic E-state index is 0.157. The molecule has 6 nitrogen and oxygen atoms in total. The van der Waals surface area contributed by atoms with Crippen molar-refractivity contribution in [2.45, 2.75) is 25.9 Å². The third-order valence-electron chi connectivity index (χ3n) is 4.28. The van der Waals surface area contributed by atoms with Crippen molar-refractivity contribution in [3.8, 4) is 0 Å². The molecule has 0 spiro atoms. The smallest absolute Gasteiger partial charge is 0.228 e. The lowest BCUT2D eigenvalue weighted by molar-refractivity contribution is -0.134. The molecule has 110 valence electrons. The van der Waals surface area contributed by atoms with Crippen molar-refractivity contribution < 1.29 is 9.53 Å². The van der Waals surface area contributed by atoms with Gasteiger partial charge in [-0.1, -0.05) is 0 Å². The van der Waals surface area contributed by atoms with E-state index in [-0.39, 0.29) is 5.91 Å². The van der Waals surface area contributed by atoms with Crippen molar-refractivity contribution in [1.82, 2.24) is 19.4 Å². The molecule has 0 aromatic carbocycles. The van der Waals surface area contributed by atoms with Gasteiger partial charge in [0, 0.05) is 32.4 Å². The highest BCUT2D eigenvalue weighted by Crippen LogP contribution is 2.23. The van der Waals surface area contributed by atoms with E-state index in [9.17, 15) is 4.79 Å². The van der Waals surface area contributed by atoms with Gasteiger partial charge >= 0.3 is 0 Å². The number of carbonyl (C=O) groups excluding carboxylic acids is 1. The first kappa shape index (κ1) is 13.6. The zero-order chi connectivity index (χ0) is 14.1. The molecule has 0 bridgehead atoms. The van der Waals surface area contributed by atoms with Gasteiger partial charge in [-0.05, 0) is 14.0 Å². The minimum atomic E-state index is 0.157. The van der Waals surface area contributed by atoms with Gasteiger partial charge < -0.3 is 14.2 Å². The summed E-state index contributed by atoms with van der Waals surface area (Å²) in [7, 11) is 2.11. The molecule has 0 radical (unpaired) electrons. The lowest BCUT2D eigenvalue weighted by Gasteiger charge is -2.30. The van der Waals surface area contributed by atoms with Gasteiger partial charge in [0.05, 0.1) is 31.4 Å². The summed E-state index contributed by atoms with van der Waals surface area (Å²) in [6.45, 7) is 6.83. The fourth-order valence-corrected chi connectivity index (χ4v) is 2.82. The molecular formula is C14H22N4O2. The molecule has 2 aliphatic rings. The van der Waals surface area contributed by atoms with Gasteiger partial charge in [0.1, 0.15) is 5.82 Å². The standard InChI is InChI=1S/C14H22N4O2/c1-11-14-15-12(10-18(14)4-3-16(11)2)9-13(19)17-5-7-20-8-6-17/h10-11H,3-9H2,1-2H3/t11-/m0/s1. The van der Waals surface area contributed by atoms with Crippen LogP contribution in [-0.2, 0) is 22.5 Å². The maximum absolute atomic E-state index is 12.2. The second kappa shape index (κ2) is 5.54. The Hall–Kier alpha value is -1.40. The molecule has 3 heterocycles. The van der Waals surface area contributed by atoms with Gasteiger partial charge in [-0.25, -0.2) is 4.98 Å². The molecule has 0 saturated carbocycles. The average Bonchev–Trinajstić information content (AvgIpc) is 2.87. The summed E-state index contributed by atoms with van der Waals surface area (Å²) in [6.07, 6.45) is 2.44. The number of carbonyl (C=O) groups is 1. The van der Waals surface area contributed by atoms with Crippen molar-refractivity contribution in [3.05, 3.63) is 17.7 Å². The van der Waals surface area contributed by atoms with Gasteiger partial charge in [-0.3, -0.25) is 9.69 Å². The number of hydrogen-bond donors (Lipinski definition) is 0. The Bertz CT molecular complexity index is 493. The number of fused-ring (bicyclic) bond motifs is 1. The van der Waals surface area contributed by atoms with E-state index in [0.29, 0.717) is 38.8 Å². The van der Waals surface area contributed by atoms with Crippen LogP contribution in [0.3, 0.4) is 0 Å². The molecule has 0 N–H and O–H groups in total. The van der Waals surface area contributed by atoms with E-state index in [2.05, 4.69) is 28.4 Å². The Morgan fingerprint density at radius 1 is 1.35 bits per heavy atom. The van der Waals surface area contributed by atoms with Crippen LogP contribution >= 0.6 is 0 Å². The fourth-order valence-electron chi connectivity index (χ4n) is 2.82. The summed E-state index contributed by atoms with van der Waals surface area (Å²) in [6, 6.07) is 0.316. The summed E-state index contributed by atoms with van der Waals surface area (Å²) in [4.78, 5) is 21.1. The number of aromatic nitrogens is 2. The van der Waals surface area contributed by atoms with Crippen LogP contribution in [0.1, 0.15) is 24.5 Å². The Kier molecular flexibility index (Phi) is 3.76. The van der Waals surface area contributed by atoms with Crippen molar-refractivity contribution in [3.63, 3.8) is 0 Å². The summed E-state index contributed by atoms with van der Waals surface area (Å²) < 4.78 is 7.46. The molecule has 1 aromatic rings. The van der Waals surface area contributed by atoms with Crippen LogP contribution in [0.5, 0.6) is 0 Å². The van der Waals surface area contributed by atoms with Crippen LogP contribution in [0.4, 0.5) is 0 Å². The fraction of sp³-hybridized carbons (Fsp3) is 0.714. The van der Waals surface area contributed by atoms with E-state index >= 15 is 0 Å². The third kappa shape index (κ3) is 2.58. The zero-order valence-electron chi connectivity index (χ0n) is 12.2. The Morgan fingerprint density at radius 3 is 2.85 bits per heavy atom. The van der Waals surface area contributed by atoms with Crippen LogP contribution < -0.4 is 0 Å². The van der Waals surface area contributed by atoms with Gasteiger partial charge in [-0.2, -0.15) is 0 Å². The normalized spacial score (nSPS) is 23.7. The Labute approximate surface area is 119 Å². The maximum Gasteiger partial charge on any atom is 0.228 e. The van der Waals surface area contributed by atoms with E-state index in [1.807, 2.05) is 11.1 Å². The highest BCUT2D eigenvalue weighted by atomic mass is 16.5. The molecular weight excluding hydrogens is 256 g/mol. The number of ether oxygens (including phenoxy) is 1. The molecule has 1 atom stereocenters. The SMILES string of the molecule is C[C@H]1c2nc(CC(=O)N3CCOCC3)cn2CCN1C. The van der Waals surface area contributed by atoms with Crippen LogP contribution in [0.25, 0.3) is 0 Å². The summed E-state index contributed by atoms with van der Waals surface area (Å²) in [5, 5.41) is 0. The lowest BCUT2D eigenvalue weighted by atomic mass is 10.2. The molecule has 1 amide bonds.